The van der Waals surface area contributed by atoms with Gasteiger partial charge in [0, 0.05) is 35.2 Å². The molecule has 0 amide bonds. The van der Waals surface area contributed by atoms with Gasteiger partial charge in [-0.3, -0.25) is 14.1 Å². The molecule has 2 heterocycles. The van der Waals surface area contributed by atoms with Crippen LogP contribution in [0.5, 0.6) is 17.2 Å². The van der Waals surface area contributed by atoms with Gasteiger partial charge in [0.05, 0.1) is 12.3 Å². The van der Waals surface area contributed by atoms with Crippen molar-refractivity contribution in [3.63, 3.8) is 0 Å². The van der Waals surface area contributed by atoms with Gasteiger partial charge in [-0.15, -0.1) is 11.3 Å². The Morgan fingerprint density at radius 2 is 1.74 bits per heavy atom. The normalized spacial score (nSPS) is 15.2. The van der Waals surface area contributed by atoms with Gasteiger partial charge in [-0.05, 0) is 85.0 Å². The number of ether oxygens (including phenoxy) is 2. The predicted molar refractivity (Wildman–Crippen MR) is 178 cm³/mol. The summed E-state index contributed by atoms with van der Waals surface area (Å²) >= 11 is 3.71. The molecule has 220 valence electrons. The lowest BCUT2D eigenvalue weighted by molar-refractivity contribution is -0.123. The van der Waals surface area contributed by atoms with Crippen molar-refractivity contribution in [2.75, 3.05) is 19.8 Å². The molecule has 1 saturated heterocycles. The summed E-state index contributed by atoms with van der Waals surface area (Å²) in [5.74, 6) is 1.03. The van der Waals surface area contributed by atoms with E-state index in [-0.39, 0.29) is 24.1 Å². The number of hydrogen-bond acceptors (Lipinski definition) is 6. The molecule has 1 N–H and O–H groups in total. The Kier molecular flexibility index (Phi) is 11.0. The minimum atomic E-state index is -1.67. The van der Waals surface area contributed by atoms with Crippen molar-refractivity contribution >= 4 is 68.6 Å². The van der Waals surface area contributed by atoms with Gasteiger partial charge in [0.1, 0.15) is 36.1 Å². The molecule has 2 unspecified atom stereocenters. The average Bonchev–Trinajstić information content (AvgIpc) is 3.29. The quantitative estimate of drug-likeness (QED) is 0.0792. The fourth-order valence-electron chi connectivity index (χ4n) is 4.79. The monoisotopic (exact) mass is 721 g/mol. The fraction of sp³-hybridized carbons (Fsp3) is 0.323. The molecule has 4 aromatic rings. The highest BCUT2D eigenvalue weighted by Crippen LogP contribution is 2.43. The Morgan fingerprint density at radius 1 is 1.12 bits per heavy atom. The minimum absolute atomic E-state index is 0.159. The average molecular weight is 721 g/mol. The zero-order valence-corrected chi connectivity index (χ0v) is 27.8. The van der Waals surface area contributed by atoms with Crippen LogP contribution in [0.4, 0.5) is 8.78 Å². The van der Waals surface area contributed by atoms with E-state index in [2.05, 4.69) is 28.1 Å². The van der Waals surface area contributed by atoms with Crippen LogP contribution in [0.3, 0.4) is 0 Å². The number of fused-ring (bicyclic) bond motifs is 1. The number of thiophene rings is 1. The minimum Gasteiger partial charge on any atom is -0.488 e. The smallest absolute Gasteiger partial charge is 0.207 e. The first-order valence-electron chi connectivity index (χ1n) is 13.6. The highest BCUT2D eigenvalue weighted by atomic mass is 127. The molecule has 0 spiro atoms. The number of aliphatic hydroxyl groups is 1. The van der Waals surface area contributed by atoms with Crippen molar-refractivity contribution in [1.82, 2.24) is 4.90 Å². The number of benzene rings is 3. The second kappa shape index (κ2) is 14.1. The summed E-state index contributed by atoms with van der Waals surface area (Å²) in [7, 11) is 5.75. The predicted octanol–water partition coefficient (Wildman–Crippen LogP) is 7.60. The Balaban J connectivity index is 0.00000198. The molecule has 5 nitrogen and oxygen atoms in total. The molecule has 2 atom stereocenters. The highest BCUT2D eigenvalue weighted by molar-refractivity contribution is 14.2. The molecular weight excluding hydrogens is 689 g/mol. The molecule has 1 fully saturated rings. The maximum absolute atomic E-state index is 14.0. The number of likely N-dealkylation sites (tertiary alicyclic amines) is 1. The number of hydrogen-bond donors (Lipinski definition) is 1. The number of halogens is 3. The van der Waals surface area contributed by atoms with Crippen molar-refractivity contribution in [3.05, 3.63) is 82.0 Å². The first-order valence-corrected chi connectivity index (χ1v) is 18.5. The molecule has 1 aromatic heterocycles. The lowest BCUT2D eigenvalue weighted by atomic mass is 9.83. The van der Waals surface area contributed by atoms with Gasteiger partial charge in [0.2, 0.25) is 5.78 Å². The third kappa shape index (κ3) is 7.16. The van der Waals surface area contributed by atoms with Crippen LogP contribution in [0.15, 0.2) is 54.6 Å². The van der Waals surface area contributed by atoms with Crippen LogP contribution in [0, 0.1) is 19.7 Å². The molecular formula is C31H32BF2INO4PS. The van der Waals surface area contributed by atoms with Crippen LogP contribution in [-0.2, 0) is 0 Å². The number of carbonyl (C=O) groups is 1. The summed E-state index contributed by atoms with van der Waals surface area (Å²) in [5.41, 5.74) is -0.0421. The van der Waals surface area contributed by atoms with E-state index < -0.39 is 12.3 Å². The van der Waals surface area contributed by atoms with Crippen molar-refractivity contribution < 1.29 is 28.2 Å². The molecule has 5 rings (SSSR count). The van der Waals surface area contributed by atoms with E-state index >= 15 is 0 Å². The Morgan fingerprint density at radius 3 is 2.33 bits per heavy atom. The number of ketones is 1. The summed E-state index contributed by atoms with van der Waals surface area (Å²) in [4.78, 5) is 15.9. The maximum Gasteiger partial charge on any atom is 0.207 e. The van der Waals surface area contributed by atoms with E-state index in [9.17, 15) is 18.7 Å². The molecule has 0 saturated carbocycles. The second-order valence-corrected chi connectivity index (χ2v) is 13.3. The molecule has 0 aliphatic carbocycles. The molecule has 42 heavy (non-hydrogen) atoms. The van der Waals surface area contributed by atoms with Crippen LogP contribution in [0.2, 0.25) is 0 Å². The highest BCUT2D eigenvalue weighted by Gasteiger charge is 2.39. The first-order chi connectivity index (χ1) is 20.1. The Hall–Kier alpha value is -2.11. The van der Waals surface area contributed by atoms with Crippen LogP contribution in [-0.4, -0.2) is 55.1 Å². The third-order valence-electron chi connectivity index (χ3n) is 6.89. The fourth-order valence-corrected chi connectivity index (χ4v) is 7.36. The van der Waals surface area contributed by atoms with Crippen molar-refractivity contribution in [2.24, 2.45) is 0 Å². The number of alkyl halides is 1. The molecule has 1 aliphatic rings. The van der Waals surface area contributed by atoms with Crippen molar-refractivity contribution in [1.29, 1.82) is 0 Å². The zero-order valence-electron chi connectivity index (χ0n) is 23.8. The molecule has 3 aromatic carbocycles. The van der Waals surface area contributed by atoms with E-state index in [1.165, 1.54) is 28.8 Å². The lowest BCUT2D eigenvalue weighted by Gasteiger charge is -2.47. The van der Waals surface area contributed by atoms with E-state index in [1.807, 2.05) is 26.0 Å². The van der Waals surface area contributed by atoms with Gasteiger partial charge < -0.3 is 14.6 Å². The summed E-state index contributed by atoms with van der Waals surface area (Å²) in [6.45, 7) is 7.55. The van der Waals surface area contributed by atoms with E-state index in [0.717, 1.165) is 10.1 Å². The number of carbonyl (C=O) groups excluding carboxylic acids is 1. The zero-order chi connectivity index (χ0) is 30.6. The van der Waals surface area contributed by atoms with Gasteiger partial charge >= 0.3 is 0 Å². The van der Waals surface area contributed by atoms with Crippen LogP contribution in [0.1, 0.15) is 46.6 Å². The summed E-state index contributed by atoms with van der Waals surface area (Å²) in [6, 6.07) is 15.9. The van der Waals surface area contributed by atoms with Gasteiger partial charge in [-0.2, -0.15) is 0 Å². The van der Waals surface area contributed by atoms with Gasteiger partial charge in [-0.25, -0.2) is 4.39 Å². The third-order valence-corrected chi connectivity index (χ3v) is 10.4. The van der Waals surface area contributed by atoms with Gasteiger partial charge in [0.15, 0.2) is 5.75 Å². The standard InChI is InChI=1S/C29H26BF2INO4PS.C2H6/c1-16-11-18(32)12-17(2)25(16)26(35)28-27(23-8-7-22(39-33)13-24(23)40-28)38-20-5-3-19(4-6-20)37-21-14-34(15-21)29(30,36)9-10-31;1-2/h3-8,11-13,21,36,39H,9-10,14-15H2,1-2H3;1-2H3. The Labute approximate surface area is 265 Å². The molecule has 0 bridgehead atoms. The lowest BCUT2D eigenvalue weighted by Crippen LogP contribution is -2.64. The molecule has 11 heteroatoms. The van der Waals surface area contributed by atoms with E-state index in [1.54, 1.807) is 43.0 Å². The van der Waals surface area contributed by atoms with Crippen LogP contribution < -0.4 is 14.8 Å². The van der Waals surface area contributed by atoms with Crippen LogP contribution >= 0.6 is 39.6 Å². The number of rotatable bonds is 10. The second-order valence-electron chi connectivity index (χ2n) is 9.85. The summed E-state index contributed by atoms with van der Waals surface area (Å²) in [6.07, 6.45) is 0.247. The SMILES string of the molecule is CC.[B]C(O)(CCF)N1CC(Oc2ccc(Oc3c(C(=O)c4c(C)cc(F)cc4C)sc4cc(PI)ccc34)cc2)C1. The molecule has 2 radical (unpaired) electrons. The summed E-state index contributed by atoms with van der Waals surface area (Å²) in [5, 5.41) is 12.1. The largest absolute Gasteiger partial charge is 0.488 e. The van der Waals surface area contributed by atoms with Crippen molar-refractivity contribution in [3.8, 4) is 17.2 Å². The maximum atomic E-state index is 14.0. The summed E-state index contributed by atoms with van der Waals surface area (Å²) < 4.78 is 39.8. The van der Waals surface area contributed by atoms with Gasteiger partial charge in [0.25, 0.3) is 0 Å². The van der Waals surface area contributed by atoms with Gasteiger partial charge in [-0.1, -0.05) is 42.0 Å². The van der Waals surface area contributed by atoms with Crippen LogP contribution in [0.25, 0.3) is 10.1 Å². The van der Waals surface area contributed by atoms with E-state index in [4.69, 9.17) is 17.3 Å². The van der Waals surface area contributed by atoms with Crippen molar-refractivity contribution in [2.45, 2.75) is 45.8 Å². The Bertz CT molecular complexity index is 1540. The number of aryl methyl sites for hydroxylation is 2. The van der Waals surface area contributed by atoms with E-state index in [0.29, 0.717) is 58.1 Å². The first kappa shape index (κ1) is 32.8. The molecule has 1 aliphatic heterocycles. The topological polar surface area (TPSA) is 59.0 Å². The number of nitrogens with zero attached hydrogens (tertiary/aromatic N) is 1.